The van der Waals surface area contributed by atoms with Crippen molar-refractivity contribution < 1.29 is 18.1 Å². The van der Waals surface area contributed by atoms with E-state index < -0.39 is 10.1 Å². The minimum Gasteiger partial charge on any atom is -0.390 e. The normalized spacial score (nSPS) is 13.5. The fraction of sp³-hybridized carbons (Fsp3) is 0.125. The smallest absolute Gasteiger partial charge is 0.294 e. The van der Waals surface area contributed by atoms with Gasteiger partial charge in [0.1, 0.15) is 5.84 Å². The molecule has 8 nitrogen and oxygen atoms in total. The average Bonchev–Trinajstić information content (AvgIpc) is 3.02. The molecule has 0 bridgehead atoms. The number of hydrogen-bond donors (Lipinski definition) is 3. The number of aliphatic imine (C=N–C) groups is 2. The Labute approximate surface area is 206 Å². The summed E-state index contributed by atoms with van der Waals surface area (Å²) in [5.74, 6) is 0.636. The first kappa shape index (κ1) is 25.4. The fourth-order valence-electron chi connectivity index (χ4n) is 2.91. The summed E-state index contributed by atoms with van der Waals surface area (Å²) in [4.78, 5) is 9.30. The molecule has 34 heavy (non-hydrogen) atoms. The number of hydrogen-bond acceptors (Lipinski definition) is 7. The van der Waals surface area contributed by atoms with Crippen molar-refractivity contribution in [2.75, 3.05) is 13.2 Å². The van der Waals surface area contributed by atoms with Gasteiger partial charge in [0, 0.05) is 15.6 Å². The maximum absolute atomic E-state index is 10.4. The molecule has 0 saturated carbocycles. The third-order valence-corrected chi connectivity index (χ3v) is 5.91. The number of rotatable bonds is 4. The van der Waals surface area contributed by atoms with Gasteiger partial charge in [0.15, 0.2) is 0 Å². The number of hydrazone groups is 1. The highest BCUT2D eigenvalue weighted by Gasteiger charge is 2.16. The van der Waals surface area contributed by atoms with Crippen molar-refractivity contribution in [2.45, 2.75) is 11.8 Å². The molecule has 10 heteroatoms. The van der Waals surface area contributed by atoms with Gasteiger partial charge in [-0.25, -0.2) is 4.99 Å². The number of aliphatic hydroxyl groups is 1. The fourth-order valence-corrected chi connectivity index (χ4v) is 3.77. The summed E-state index contributed by atoms with van der Waals surface area (Å²) in [7, 11) is -4.00. The van der Waals surface area contributed by atoms with E-state index in [9.17, 15) is 8.42 Å². The van der Waals surface area contributed by atoms with E-state index in [1.165, 1.54) is 12.1 Å². The highest BCUT2D eigenvalue weighted by atomic mass is 79.9. The lowest BCUT2D eigenvalue weighted by Crippen LogP contribution is -2.22. The molecule has 1 aliphatic heterocycles. The molecule has 0 amide bonds. The third kappa shape index (κ3) is 7.16. The third-order valence-electron chi connectivity index (χ3n) is 4.55. The molecule has 1 heterocycles. The second kappa shape index (κ2) is 11.8. The molecule has 3 aromatic carbocycles. The zero-order valence-corrected chi connectivity index (χ0v) is 20.7. The number of benzene rings is 3. The van der Waals surface area contributed by atoms with Crippen molar-refractivity contribution in [1.82, 2.24) is 5.43 Å². The number of nitrogens with zero attached hydrogens (tertiary/aromatic N) is 3. The summed E-state index contributed by atoms with van der Waals surface area (Å²) in [5, 5.41) is 13.2. The summed E-state index contributed by atoms with van der Waals surface area (Å²) in [5.41, 5.74) is 7.23. The van der Waals surface area contributed by atoms with Crippen LogP contribution in [0.4, 0.5) is 5.69 Å². The van der Waals surface area contributed by atoms with Crippen LogP contribution in [0.5, 0.6) is 0 Å². The van der Waals surface area contributed by atoms with Crippen molar-refractivity contribution in [1.29, 1.82) is 0 Å². The van der Waals surface area contributed by atoms with Gasteiger partial charge < -0.3 is 5.11 Å². The Balaban J connectivity index is 0.000000271. The van der Waals surface area contributed by atoms with Crippen molar-refractivity contribution in [3.63, 3.8) is 0 Å². The van der Waals surface area contributed by atoms with Crippen LogP contribution in [0.15, 0.2) is 103 Å². The Kier molecular flexibility index (Phi) is 8.83. The topological polar surface area (TPSA) is 124 Å². The number of fused-ring (bicyclic) bond motifs is 1. The van der Waals surface area contributed by atoms with Crippen LogP contribution in [0.3, 0.4) is 0 Å². The van der Waals surface area contributed by atoms with Gasteiger partial charge >= 0.3 is 0 Å². The van der Waals surface area contributed by atoms with E-state index in [-0.39, 0.29) is 11.5 Å². The predicted octanol–water partition coefficient (Wildman–Crippen LogP) is 4.22. The van der Waals surface area contributed by atoms with Crippen LogP contribution < -0.4 is 5.43 Å². The lowest BCUT2D eigenvalue weighted by molar-refractivity contribution is 0.356. The van der Waals surface area contributed by atoms with Gasteiger partial charge in [-0.3, -0.25) is 15.0 Å². The Morgan fingerprint density at radius 1 is 1.06 bits per heavy atom. The minimum atomic E-state index is -4.00. The summed E-state index contributed by atoms with van der Waals surface area (Å²) >= 11 is 3.52. The van der Waals surface area contributed by atoms with E-state index in [0.717, 1.165) is 27.0 Å². The van der Waals surface area contributed by atoms with E-state index >= 15 is 0 Å². The van der Waals surface area contributed by atoms with Crippen molar-refractivity contribution in [3.8, 4) is 0 Å². The number of halogens is 1. The molecule has 176 valence electrons. The lowest BCUT2D eigenvalue weighted by atomic mass is 10.0. The second-order valence-electron chi connectivity index (χ2n) is 7.16. The SMILES string of the molecule is CC(CO)=NNC1=Nc2ccc(Br)cc2C(c2ccccc2)=NC1.O=S(=O)(O)c1ccccc1. The molecule has 0 aliphatic carbocycles. The largest absolute Gasteiger partial charge is 0.390 e. The van der Waals surface area contributed by atoms with Gasteiger partial charge in [0.05, 0.1) is 35.2 Å². The zero-order chi connectivity index (χ0) is 24.6. The molecular weight excluding hydrogens is 520 g/mol. The lowest BCUT2D eigenvalue weighted by Gasteiger charge is -2.08. The highest BCUT2D eigenvalue weighted by molar-refractivity contribution is 9.10. The number of amidine groups is 1. The van der Waals surface area contributed by atoms with E-state index in [1.54, 1.807) is 25.1 Å². The Morgan fingerprint density at radius 3 is 2.29 bits per heavy atom. The molecule has 0 saturated heterocycles. The zero-order valence-electron chi connectivity index (χ0n) is 18.3. The molecule has 3 aromatic rings. The van der Waals surface area contributed by atoms with Crippen LogP contribution in [0.25, 0.3) is 0 Å². The molecule has 0 aromatic heterocycles. The van der Waals surface area contributed by atoms with Crippen LogP contribution in [-0.4, -0.2) is 48.5 Å². The second-order valence-corrected chi connectivity index (χ2v) is 9.49. The van der Waals surface area contributed by atoms with Gasteiger partial charge in [0.25, 0.3) is 10.1 Å². The van der Waals surface area contributed by atoms with Gasteiger partial charge in [0.2, 0.25) is 0 Å². The number of nitrogens with one attached hydrogen (secondary N) is 1. The van der Waals surface area contributed by atoms with Crippen molar-refractivity contribution in [2.24, 2.45) is 15.1 Å². The average molecular weight is 543 g/mol. The molecule has 4 rings (SSSR count). The van der Waals surface area contributed by atoms with Gasteiger partial charge in [-0.2, -0.15) is 13.5 Å². The molecule has 0 atom stereocenters. The van der Waals surface area contributed by atoms with Gasteiger partial charge in [-0.15, -0.1) is 0 Å². The van der Waals surface area contributed by atoms with Crippen molar-refractivity contribution in [3.05, 3.63) is 94.5 Å². The summed E-state index contributed by atoms with van der Waals surface area (Å²) in [6, 6.07) is 23.4. The van der Waals surface area contributed by atoms with E-state index in [0.29, 0.717) is 18.1 Å². The Bertz CT molecular complexity index is 1330. The Hall–Kier alpha value is -3.18. The monoisotopic (exact) mass is 542 g/mol. The van der Waals surface area contributed by atoms with E-state index in [1.807, 2.05) is 48.5 Å². The summed E-state index contributed by atoms with van der Waals surface area (Å²) in [6.45, 7) is 2.04. The molecule has 3 N–H and O–H groups in total. The predicted molar refractivity (Wildman–Crippen MR) is 138 cm³/mol. The maximum Gasteiger partial charge on any atom is 0.294 e. The molecule has 0 spiro atoms. The first-order valence-electron chi connectivity index (χ1n) is 10.2. The Morgan fingerprint density at radius 2 is 1.71 bits per heavy atom. The summed E-state index contributed by atoms with van der Waals surface area (Å²) in [6.07, 6.45) is 0. The molecule has 1 aliphatic rings. The van der Waals surface area contributed by atoms with Gasteiger partial charge in [-0.05, 0) is 37.3 Å². The van der Waals surface area contributed by atoms with Crippen LogP contribution >= 0.6 is 15.9 Å². The standard InChI is InChI=1S/C18H17BrN4O.C6H6O3S/c1-12(11-24)22-23-17-10-20-18(13-5-3-2-4-6-13)15-9-14(19)7-8-16(15)21-17;7-10(8,9)6-4-2-1-3-5-6/h2-9,24H,10-11H2,1H3,(H,21,23);1-5H,(H,7,8,9). The van der Waals surface area contributed by atoms with Crippen molar-refractivity contribution >= 4 is 49.0 Å². The molecular formula is C24H23BrN4O4S. The minimum absolute atomic E-state index is 0.0741. The van der Waals surface area contributed by atoms with Crippen LogP contribution in [0.1, 0.15) is 18.1 Å². The maximum atomic E-state index is 10.4. The van der Waals surface area contributed by atoms with Gasteiger partial charge in [-0.1, -0.05) is 64.5 Å². The summed E-state index contributed by atoms with van der Waals surface area (Å²) < 4.78 is 30.2. The van der Waals surface area contributed by atoms with E-state index in [2.05, 4.69) is 31.4 Å². The quantitative estimate of drug-likeness (QED) is 0.258. The van der Waals surface area contributed by atoms with Crippen LogP contribution in [0, 0.1) is 0 Å². The van der Waals surface area contributed by atoms with Crippen LogP contribution in [-0.2, 0) is 10.1 Å². The van der Waals surface area contributed by atoms with Crippen LogP contribution in [0.2, 0.25) is 0 Å². The first-order valence-corrected chi connectivity index (χ1v) is 12.4. The number of aliphatic hydroxyl groups excluding tert-OH is 1. The van der Waals surface area contributed by atoms with E-state index in [4.69, 9.17) is 14.7 Å². The highest BCUT2D eigenvalue weighted by Crippen LogP contribution is 2.28. The molecule has 0 fully saturated rings. The molecule has 0 radical (unpaired) electrons. The first-order chi connectivity index (χ1) is 16.3. The molecule has 0 unspecified atom stereocenters.